The lowest BCUT2D eigenvalue weighted by Crippen LogP contribution is -2.18. The zero-order valence-corrected chi connectivity index (χ0v) is 33.2. The molecule has 2 aliphatic heterocycles. The van der Waals surface area contributed by atoms with E-state index < -0.39 is 6.10 Å². The first-order valence-corrected chi connectivity index (χ1v) is 18.6. The van der Waals surface area contributed by atoms with E-state index in [0.29, 0.717) is 25.1 Å². The summed E-state index contributed by atoms with van der Waals surface area (Å²) in [5.41, 5.74) is 4.40. The van der Waals surface area contributed by atoms with Crippen LogP contribution in [0.25, 0.3) is 0 Å². The van der Waals surface area contributed by atoms with Crippen molar-refractivity contribution in [3.8, 4) is 23.0 Å². The molecule has 7 heteroatoms. The Hall–Kier alpha value is -4.04. The zero-order chi connectivity index (χ0) is 38.7. The molecule has 2 fully saturated rings. The average Bonchev–Trinajstić information content (AvgIpc) is 4.07. The van der Waals surface area contributed by atoms with Gasteiger partial charge in [0, 0.05) is 10.8 Å². The van der Waals surface area contributed by atoms with Crippen molar-refractivity contribution < 1.29 is 34.3 Å². The van der Waals surface area contributed by atoms with Gasteiger partial charge in [-0.2, -0.15) is 0 Å². The summed E-state index contributed by atoms with van der Waals surface area (Å²) in [4.78, 5) is 0. The van der Waals surface area contributed by atoms with E-state index in [1.54, 1.807) is 31.2 Å². The van der Waals surface area contributed by atoms with Crippen LogP contribution < -0.4 is 9.47 Å². The van der Waals surface area contributed by atoms with Gasteiger partial charge >= 0.3 is 0 Å². The molecule has 2 heterocycles. The zero-order valence-electron chi connectivity index (χ0n) is 33.2. The van der Waals surface area contributed by atoms with E-state index in [9.17, 15) is 15.3 Å². The number of phenolic OH excluding ortho intramolecular Hbond substituents is 2. The van der Waals surface area contributed by atoms with Gasteiger partial charge in [-0.1, -0.05) is 117 Å². The second-order valence-corrected chi connectivity index (χ2v) is 14.4. The molecule has 6 rings (SSSR count). The molecule has 52 heavy (non-hydrogen) atoms. The predicted molar refractivity (Wildman–Crippen MR) is 213 cm³/mol. The van der Waals surface area contributed by atoms with Crippen LogP contribution in [0.3, 0.4) is 0 Å². The van der Waals surface area contributed by atoms with Crippen molar-refractivity contribution in [3.63, 3.8) is 0 Å². The molecule has 3 atom stereocenters. The van der Waals surface area contributed by atoms with Crippen molar-refractivity contribution in [3.05, 3.63) is 119 Å². The molecule has 0 bridgehead atoms. The van der Waals surface area contributed by atoms with Crippen LogP contribution in [-0.2, 0) is 20.3 Å². The Morgan fingerprint density at radius 2 is 0.885 bits per heavy atom. The third-order valence-corrected chi connectivity index (χ3v) is 8.16. The molecule has 2 aliphatic rings. The van der Waals surface area contributed by atoms with Crippen LogP contribution in [0.4, 0.5) is 0 Å². The number of benzene rings is 4. The van der Waals surface area contributed by atoms with Gasteiger partial charge in [0.1, 0.15) is 42.3 Å². The lowest BCUT2D eigenvalue weighted by atomic mass is 9.78. The highest BCUT2D eigenvalue weighted by atomic mass is 16.6. The first kappa shape index (κ1) is 44.1. The second-order valence-electron chi connectivity index (χ2n) is 14.4. The summed E-state index contributed by atoms with van der Waals surface area (Å²) < 4.78 is 21.0. The van der Waals surface area contributed by atoms with Crippen molar-refractivity contribution in [2.75, 3.05) is 26.4 Å². The maximum atomic E-state index is 9.41. The lowest BCUT2D eigenvalue weighted by molar-refractivity contribution is 0.122. The SMILES string of the molecule is CC(C)(c1ccc(O)cc1)c1ccc(OCC2CO2)cc1.CC(O)COc1ccc(C(C)(C)c2ccc(O)cc2)cc1.CC1CO1.CCC.CCC. The maximum Gasteiger partial charge on any atom is 0.119 e. The number of aliphatic hydroxyl groups is 1. The van der Waals surface area contributed by atoms with Gasteiger partial charge in [0.15, 0.2) is 0 Å². The molecule has 3 N–H and O–H groups in total. The molecule has 4 aromatic rings. The van der Waals surface area contributed by atoms with Gasteiger partial charge in [0.05, 0.1) is 25.4 Å². The number of phenols is 2. The van der Waals surface area contributed by atoms with E-state index in [1.165, 1.54) is 24.0 Å². The number of aliphatic hydroxyl groups excluding tert-OH is 1. The van der Waals surface area contributed by atoms with Gasteiger partial charge in [-0.15, -0.1) is 0 Å². The Balaban J connectivity index is 0.000000286. The van der Waals surface area contributed by atoms with Gasteiger partial charge in [0.2, 0.25) is 0 Å². The van der Waals surface area contributed by atoms with E-state index in [4.69, 9.17) is 18.9 Å². The van der Waals surface area contributed by atoms with Crippen molar-refractivity contribution in [1.29, 1.82) is 0 Å². The molecule has 2 saturated heterocycles. The Morgan fingerprint density at radius 3 is 1.15 bits per heavy atom. The minimum atomic E-state index is -0.474. The molecule has 7 nitrogen and oxygen atoms in total. The molecule has 4 aromatic carbocycles. The van der Waals surface area contributed by atoms with Gasteiger partial charge < -0.3 is 34.3 Å². The lowest BCUT2D eigenvalue weighted by Gasteiger charge is -2.26. The number of hydrogen-bond donors (Lipinski definition) is 3. The van der Waals surface area contributed by atoms with Crippen LogP contribution in [0.2, 0.25) is 0 Å². The van der Waals surface area contributed by atoms with Crippen molar-refractivity contribution in [2.24, 2.45) is 0 Å². The predicted octanol–water partition coefficient (Wildman–Crippen LogP) is 10.2. The highest BCUT2D eigenvalue weighted by molar-refractivity contribution is 5.43. The number of ether oxygens (including phenoxy) is 4. The second kappa shape index (κ2) is 22.1. The van der Waals surface area contributed by atoms with Crippen LogP contribution in [0.15, 0.2) is 97.1 Å². The standard InChI is InChI=1S/C18H20O3.C18H22O3.C3H6O.2C3H8/c1-18(2,13-3-7-15(19)8-4-13)14-5-9-16(10-6-14)20-11-17-12-21-17;1-13(19)12-21-17-10-6-15(7-11-17)18(2,3)14-4-8-16(20)9-5-14;1-3-2-4-3;2*1-3-2/h3-10,17,19H,11-12H2,1-2H3;4-11,13,19-20H,12H2,1-3H3;3H,2H2,1H3;2*3H2,1-2H3. The van der Waals surface area contributed by atoms with E-state index in [1.807, 2.05) is 60.7 Å². The molecule has 0 saturated carbocycles. The largest absolute Gasteiger partial charge is 0.508 e. The molecule has 0 amide bonds. The molecular weight excluding hydrogens is 652 g/mol. The van der Waals surface area contributed by atoms with E-state index in [2.05, 4.69) is 74.4 Å². The fraction of sp³-hybridized carbons (Fsp3) is 0.467. The molecular formula is C45H64O7. The first-order valence-electron chi connectivity index (χ1n) is 18.6. The average molecular weight is 717 g/mol. The minimum absolute atomic E-state index is 0.119. The van der Waals surface area contributed by atoms with E-state index in [0.717, 1.165) is 35.8 Å². The smallest absolute Gasteiger partial charge is 0.119 e. The summed E-state index contributed by atoms with van der Waals surface area (Å²) >= 11 is 0. The summed E-state index contributed by atoms with van der Waals surface area (Å²) in [5, 5.41) is 28.0. The van der Waals surface area contributed by atoms with Crippen LogP contribution in [0.5, 0.6) is 23.0 Å². The maximum absolute atomic E-state index is 9.41. The van der Waals surface area contributed by atoms with Gasteiger partial charge in [0.25, 0.3) is 0 Å². The molecule has 0 radical (unpaired) electrons. The topological polar surface area (TPSA) is 104 Å². The fourth-order valence-electron chi connectivity index (χ4n) is 4.69. The van der Waals surface area contributed by atoms with Crippen LogP contribution >= 0.6 is 0 Å². The molecule has 286 valence electrons. The van der Waals surface area contributed by atoms with Crippen LogP contribution in [0.1, 0.15) is 104 Å². The Kier molecular flexibility index (Phi) is 18.8. The molecule has 3 unspecified atom stereocenters. The number of aromatic hydroxyl groups is 2. The van der Waals surface area contributed by atoms with Crippen molar-refractivity contribution >= 4 is 0 Å². The highest BCUT2D eigenvalue weighted by Gasteiger charge is 2.25. The van der Waals surface area contributed by atoms with Crippen LogP contribution in [-0.4, -0.2) is 60.1 Å². The monoisotopic (exact) mass is 716 g/mol. The number of epoxide rings is 2. The van der Waals surface area contributed by atoms with Crippen molar-refractivity contribution in [2.45, 2.75) is 111 Å². The summed E-state index contributed by atoms with van der Waals surface area (Å²) in [6, 6.07) is 30.7. The number of hydrogen-bond acceptors (Lipinski definition) is 7. The third-order valence-electron chi connectivity index (χ3n) is 8.16. The highest BCUT2D eigenvalue weighted by Crippen LogP contribution is 2.34. The molecule has 0 spiro atoms. The Morgan fingerprint density at radius 1 is 0.596 bits per heavy atom. The van der Waals surface area contributed by atoms with Gasteiger partial charge in [-0.25, -0.2) is 0 Å². The summed E-state index contributed by atoms with van der Waals surface area (Å²) in [6.07, 6.45) is 2.89. The van der Waals surface area contributed by atoms with E-state index >= 15 is 0 Å². The third kappa shape index (κ3) is 16.1. The van der Waals surface area contributed by atoms with Crippen molar-refractivity contribution in [1.82, 2.24) is 0 Å². The molecule has 0 aliphatic carbocycles. The summed E-state index contributed by atoms with van der Waals surface area (Å²) in [7, 11) is 0. The first-order chi connectivity index (χ1) is 24.7. The number of rotatable bonds is 10. The Bertz CT molecular complexity index is 1400. The van der Waals surface area contributed by atoms with Gasteiger partial charge in [-0.3, -0.25) is 0 Å². The minimum Gasteiger partial charge on any atom is -0.508 e. The Labute approximate surface area is 313 Å². The summed E-state index contributed by atoms with van der Waals surface area (Å²) in [6.45, 7) is 23.6. The molecule has 0 aromatic heterocycles. The normalized spacial score (nSPS) is 16.1. The summed E-state index contributed by atoms with van der Waals surface area (Å²) in [5.74, 6) is 2.19. The van der Waals surface area contributed by atoms with E-state index in [-0.39, 0.29) is 22.7 Å². The van der Waals surface area contributed by atoms with Crippen LogP contribution in [0, 0.1) is 0 Å². The fourth-order valence-corrected chi connectivity index (χ4v) is 4.69. The quantitative estimate of drug-likeness (QED) is 0.140. The van der Waals surface area contributed by atoms with Gasteiger partial charge in [-0.05, 0) is 84.6 Å².